The fourth-order valence-corrected chi connectivity index (χ4v) is 2.79. The van der Waals surface area contributed by atoms with Crippen molar-refractivity contribution < 1.29 is 22.7 Å². The summed E-state index contributed by atoms with van der Waals surface area (Å²) in [4.78, 5) is 15.6. The molecule has 1 rings (SSSR count). The Hall–Kier alpha value is -1.58. The van der Waals surface area contributed by atoms with E-state index in [0.717, 1.165) is 22.8 Å². The zero-order chi connectivity index (χ0) is 15.3. The first-order chi connectivity index (χ1) is 9.23. The third-order valence-electron chi connectivity index (χ3n) is 2.43. The maximum absolute atomic E-state index is 13.1. The van der Waals surface area contributed by atoms with Crippen molar-refractivity contribution in [3.8, 4) is 0 Å². The third-order valence-corrected chi connectivity index (χ3v) is 4.24. The van der Waals surface area contributed by atoms with Gasteiger partial charge in [0.2, 0.25) is 10.0 Å². The molecule has 0 saturated heterocycles. The average Bonchev–Trinajstić information content (AvgIpc) is 2.33. The quantitative estimate of drug-likeness (QED) is 0.754. The number of aromatic nitrogens is 1. The number of halogens is 1. The van der Waals surface area contributed by atoms with Crippen LogP contribution in [0.4, 0.5) is 4.39 Å². The summed E-state index contributed by atoms with van der Waals surface area (Å²) in [7, 11) is -0.628. The molecule has 0 atom stereocenters. The molecule has 1 heterocycles. The van der Waals surface area contributed by atoms with Gasteiger partial charge in [0, 0.05) is 19.3 Å². The molecule has 112 valence electrons. The predicted octanol–water partition coefficient (Wildman–Crippen LogP) is -0.142. The molecule has 0 spiro atoms. The van der Waals surface area contributed by atoms with Crippen molar-refractivity contribution in [3.05, 3.63) is 24.3 Å². The molecule has 1 N–H and O–H groups in total. The molecular weight excluding hydrogens is 289 g/mol. The van der Waals surface area contributed by atoms with Gasteiger partial charge in [-0.1, -0.05) is 0 Å². The van der Waals surface area contributed by atoms with Gasteiger partial charge < -0.3 is 10.0 Å². The summed E-state index contributed by atoms with van der Waals surface area (Å²) < 4.78 is 38.4. The standard InChI is InChI=1S/C11H16FN3O4S/c1-14(2)3-4-15(8-11(16)17)20(18,19)10-5-9(12)6-13-7-10/h5-7H,3-4,8H2,1-2H3,(H,16,17). The molecule has 20 heavy (non-hydrogen) atoms. The second-order valence-corrected chi connectivity index (χ2v) is 6.31. The van der Waals surface area contributed by atoms with Crippen LogP contribution in [0.25, 0.3) is 0 Å². The molecule has 0 radical (unpaired) electrons. The lowest BCUT2D eigenvalue weighted by molar-refractivity contribution is -0.137. The van der Waals surface area contributed by atoms with Crippen LogP contribution in [0, 0.1) is 5.82 Å². The summed E-state index contributed by atoms with van der Waals surface area (Å²) in [5.74, 6) is -2.08. The van der Waals surface area contributed by atoms with E-state index in [1.807, 2.05) is 0 Å². The fourth-order valence-electron chi connectivity index (χ4n) is 1.43. The highest BCUT2D eigenvalue weighted by Crippen LogP contribution is 2.15. The van der Waals surface area contributed by atoms with E-state index in [1.54, 1.807) is 19.0 Å². The Bertz CT molecular complexity index is 577. The lowest BCUT2D eigenvalue weighted by atomic mass is 10.5. The van der Waals surface area contributed by atoms with Gasteiger partial charge in [0.1, 0.15) is 17.3 Å². The Kier molecular flexibility index (Phi) is 5.54. The van der Waals surface area contributed by atoms with Crippen molar-refractivity contribution in [2.24, 2.45) is 0 Å². The Labute approximate surface area is 116 Å². The molecule has 0 bridgehead atoms. The first-order valence-electron chi connectivity index (χ1n) is 5.70. The average molecular weight is 305 g/mol. The van der Waals surface area contributed by atoms with Crippen LogP contribution in [0.15, 0.2) is 23.4 Å². The molecule has 0 amide bonds. The molecular formula is C11H16FN3O4S. The molecule has 0 unspecified atom stereocenters. The van der Waals surface area contributed by atoms with Gasteiger partial charge >= 0.3 is 5.97 Å². The van der Waals surface area contributed by atoms with E-state index >= 15 is 0 Å². The summed E-state index contributed by atoms with van der Waals surface area (Å²) in [6.45, 7) is -0.361. The van der Waals surface area contributed by atoms with E-state index in [4.69, 9.17) is 5.11 Å². The topological polar surface area (TPSA) is 90.8 Å². The number of carbonyl (C=O) groups is 1. The third kappa shape index (κ3) is 4.51. The van der Waals surface area contributed by atoms with Gasteiger partial charge in [0.05, 0.1) is 6.20 Å². The number of carboxylic acids is 1. The minimum Gasteiger partial charge on any atom is -0.480 e. The summed E-state index contributed by atoms with van der Waals surface area (Å²) in [5, 5.41) is 8.80. The monoisotopic (exact) mass is 305 g/mol. The molecule has 0 fully saturated rings. The molecule has 7 nitrogen and oxygen atoms in total. The van der Waals surface area contributed by atoms with Crippen molar-refractivity contribution in [3.63, 3.8) is 0 Å². The maximum Gasteiger partial charge on any atom is 0.318 e. The van der Waals surface area contributed by atoms with Gasteiger partial charge in [0.15, 0.2) is 0 Å². The Morgan fingerprint density at radius 3 is 2.50 bits per heavy atom. The minimum atomic E-state index is -4.09. The van der Waals surface area contributed by atoms with E-state index in [0.29, 0.717) is 6.54 Å². The molecule has 9 heteroatoms. The SMILES string of the molecule is CN(C)CCN(CC(=O)O)S(=O)(=O)c1cncc(F)c1. The molecule has 0 aliphatic heterocycles. The fraction of sp³-hybridized carbons (Fsp3) is 0.455. The number of likely N-dealkylation sites (N-methyl/N-ethyl adjacent to an activating group) is 1. The van der Waals surface area contributed by atoms with Crippen molar-refractivity contribution in [1.82, 2.24) is 14.2 Å². The number of hydrogen-bond donors (Lipinski definition) is 1. The number of pyridine rings is 1. The van der Waals surface area contributed by atoms with Crippen molar-refractivity contribution in [2.45, 2.75) is 4.90 Å². The first kappa shape index (κ1) is 16.5. The van der Waals surface area contributed by atoms with Crippen LogP contribution < -0.4 is 0 Å². The molecule has 0 aliphatic rings. The number of rotatable bonds is 7. The van der Waals surface area contributed by atoms with Gasteiger partial charge in [0.25, 0.3) is 0 Å². The Morgan fingerprint density at radius 2 is 2.00 bits per heavy atom. The highest BCUT2D eigenvalue weighted by Gasteiger charge is 2.27. The van der Waals surface area contributed by atoms with Crippen LogP contribution in [0.2, 0.25) is 0 Å². The van der Waals surface area contributed by atoms with Crippen LogP contribution in [0.3, 0.4) is 0 Å². The van der Waals surface area contributed by atoms with Crippen LogP contribution in [-0.2, 0) is 14.8 Å². The van der Waals surface area contributed by atoms with Crippen LogP contribution >= 0.6 is 0 Å². The zero-order valence-electron chi connectivity index (χ0n) is 11.2. The second-order valence-electron chi connectivity index (χ2n) is 4.37. The minimum absolute atomic E-state index is 0.0157. The van der Waals surface area contributed by atoms with E-state index in [1.165, 1.54) is 0 Å². The van der Waals surface area contributed by atoms with Crippen molar-refractivity contribution in [2.75, 3.05) is 33.7 Å². The maximum atomic E-state index is 13.1. The van der Waals surface area contributed by atoms with Crippen molar-refractivity contribution >= 4 is 16.0 Å². The second kappa shape index (κ2) is 6.73. The lowest BCUT2D eigenvalue weighted by Gasteiger charge is -2.22. The largest absolute Gasteiger partial charge is 0.480 e. The predicted molar refractivity (Wildman–Crippen MR) is 69.1 cm³/mol. The molecule has 1 aromatic heterocycles. The van der Waals surface area contributed by atoms with Gasteiger partial charge in [-0.15, -0.1) is 0 Å². The number of nitrogens with zero attached hydrogens (tertiary/aromatic N) is 3. The normalized spacial score (nSPS) is 12.1. The number of sulfonamides is 1. The molecule has 0 saturated carbocycles. The molecule has 0 aliphatic carbocycles. The smallest absolute Gasteiger partial charge is 0.318 e. The summed E-state index contributed by atoms with van der Waals surface area (Å²) >= 11 is 0. The van der Waals surface area contributed by atoms with Gasteiger partial charge in [-0.25, -0.2) is 12.8 Å². The van der Waals surface area contributed by atoms with Gasteiger partial charge in [-0.05, 0) is 20.2 Å². The Morgan fingerprint density at radius 1 is 1.35 bits per heavy atom. The summed E-state index contributed by atoms with van der Waals surface area (Å²) in [5.41, 5.74) is 0. The number of carboxylic acid groups (broad SMARTS) is 1. The van der Waals surface area contributed by atoms with Crippen LogP contribution in [-0.4, -0.2) is 67.4 Å². The number of aliphatic carboxylic acids is 1. The van der Waals surface area contributed by atoms with Crippen LogP contribution in [0.5, 0.6) is 0 Å². The van der Waals surface area contributed by atoms with E-state index < -0.39 is 28.4 Å². The summed E-state index contributed by atoms with van der Waals surface area (Å²) in [6.07, 6.45) is 1.86. The lowest BCUT2D eigenvalue weighted by Crippen LogP contribution is -2.40. The summed E-state index contributed by atoms with van der Waals surface area (Å²) in [6, 6.07) is 0.812. The van der Waals surface area contributed by atoms with E-state index in [2.05, 4.69) is 4.98 Å². The van der Waals surface area contributed by atoms with Gasteiger partial charge in [-0.2, -0.15) is 4.31 Å². The highest BCUT2D eigenvalue weighted by molar-refractivity contribution is 7.89. The van der Waals surface area contributed by atoms with E-state index in [9.17, 15) is 17.6 Å². The first-order valence-corrected chi connectivity index (χ1v) is 7.14. The van der Waals surface area contributed by atoms with E-state index in [-0.39, 0.29) is 11.4 Å². The van der Waals surface area contributed by atoms with Gasteiger partial charge in [-0.3, -0.25) is 9.78 Å². The molecule has 0 aromatic carbocycles. The highest BCUT2D eigenvalue weighted by atomic mass is 32.2. The number of hydrogen-bond acceptors (Lipinski definition) is 5. The molecule has 1 aromatic rings. The van der Waals surface area contributed by atoms with Crippen LogP contribution in [0.1, 0.15) is 0 Å². The van der Waals surface area contributed by atoms with Crippen molar-refractivity contribution in [1.29, 1.82) is 0 Å². The Balaban J connectivity index is 3.06. The zero-order valence-corrected chi connectivity index (χ0v) is 12.0.